The van der Waals surface area contributed by atoms with Crippen molar-refractivity contribution < 1.29 is 18.3 Å². The van der Waals surface area contributed by atoms with Gasteiger partial charge in [-0.3, -0.25) is 4.79 Å². The fourth-order valence-corrected chi connectivity index (χ4v) is 3.96. The first-order valence-electron chi connectivity index (χ1n) is 8.37. The Balaban J connectivity index is 1.40. The fourth-order valence-electron chi connectivity index (χ4n) is 3.08. The molecule has 26 heavy (non-hydrogen) atoms. The maximum atomic E-state index is 13.8. The lowest BCUT2D eigenvalue weighted by atomic mass is 10.1. The summed E-state index contributed by atoms with van der Waals surface area (Å²) in [5.41, 5.74) is 0.410. The van der Waals surface area contributed by atoms with Crippen LogP contribution in [0.3, 0.4) is 0 Å². The number of para-hydroxylation sites is 1. The number of rotatable bonds is 3. The minimum Gasteiger partial charge on any atom is -0.467 e. The monoisotopic (exact) mass is 374 g/mol. The molecular weight excluding hydrogens is 358 g/mol. The van der Waals surface area contributed by atoms with E-state index in [4.69, 9.17) is 4.74 Å². The average Bonchev–Trinajstić information content (AvgIpc) is 3.04. The number of likely N-dealkylation sites (tertiary alicyclic amines) is 1. The quantitative estimate of drug-likeness (QED) is 0.688. The Morgan fingerprint density at radius 2 is 1.77 bits per heavy atom. The Kier molecular flexibility index (Phi) is 4.55. The molecule has 0 unspecified atom stereocenters. The summed E-state index contributed by atoms with van der Waals surface area (Å²) in [7, 11) is 0. The highest BCUT2D eigenvalue weighted by Gasteiger charge is 2.28. The van der Waals surface area contributed by atoms with Gasteiger partial charge in [-0.05, 0) is 24.3 Å². The van der Waals surface area contributed by atoms with Crippen LogP contribution in [0.2, 0.25) is 0 Å². The van der Waals surface area contributed by atoms with Crippen LogP contribution in [-0.2, 0) is 0 Å². The first kappa shape index (κ1) is 16.9. The van der Waals surface area contributed by atoms with E-state index in [9.17, 15) is 13.6 Å². The number of carbonyl (C=O) groups is 1. The van der Waals surface area contributed by atoms with Crippen molar-refractivity contribution in [3.05, 3.63) is 59.7 Å². The van der Waals surface area contributed by atoms with E-state index in [-0.39, 0.29) is 6.10 Å². The van der Waals surface area contributed by atoms with E-state index in [1.165, 1.54) is 22.3 Å². The molecule has 0 radical (unpaired) electrons. The molecule has 0 bridgehead atoms. The Labute approximate surface area is 153 Å². The highest BCUT2D eigenvalue weighted by atomic mass is 32.1. The van der Waals surface area contributed by atoms with Crippen molar-refractivity contribution in [1.29, 1.82) is 0 Å². The second-order valence-corrected chi connectivity index (χ2v) is 7.15. The molecule has 1 amide bonds. The summed E-state index contributed by atoms with van der Waals surface area (Å²) in [6.07, 6.45) is 1.13. The van der Waals surface area contributed by atoms with E-state index in [0.717, 1.165) is 22.3 Å². The minimum absolute atomic E-state index is 0.0647. The maximum Gasteiger partial charge on any atom is 0.274 e. The first-order valence-corrected chi connectivity index (χ1v) is 9.19. The van der Waals surface area contributed by atoms with Crippen molar-refractivity contribution in [2.24, 2.45) is 0 Å². The van der Waals surface area contributed by atoms with Gasteiger partial charge in [-0.2, -0.15) is 0 Å². The lowest BCUT2D eigenvalue weighted by Gasteiger charge is -2.31. The predicted octanol–water partition coefficient (Wildman–Crippen LogP) is 4.26. The van der Waals surface area contributed by atoms with E-state index in [2.05, 4.69) is 4.98 Å². The second kappa shape index (κ2) is 6.99. The number of thiazole rings is 1. The second-order valence-electron chi connectivity index (χ2n) is 6.15. The van der Waals surface area contributed by atoms with Crippen LogP contribution in [0.25, 0.3) is 10.2 Å². The van der Waals surface area contributed by atoms with Crippen molar-refractivity contribution in [1.82, 2.24) is 9.88 Å². The predicted molar refractivity (Wildman–Crippen MR) is 95.5 cm³/mol. The third-order valence-electron chi connectivity index (χ3n) is 4.45. The van der Waals surface area contributed by atoms with Crippen LogP contribution >= 0.6 is 11.3 Å². The molecule has 1 fully saturated rings. The van der Waals surface area contributed by atoms with E-state index in [1.807, 2.05) is 24.3 Å². The van der Waals surface area contributed by atoms with E-state index >= 15 is 0 Å². The number of fused-ring (bicyclic) bond motifs is 1. The van der Waals surface area contributed by atoms with Gasteiger partial charge in [0.15, 0.2) is 0 Å². The summed E-state index contributed by atoms with van der Waals surface area (Å²) in [5, 5.41) is 0.608. The normalized spacial score (nSPS) is 15.4. The zero-order chi connectivity index (χ0) is 18.1. The van der Waals surface area contributed by atoms with Gasteiger partial charge < -0.3 is 9.64 Å². The van der Waals surface area contributed by atoms with E-state index < -0.39 is 23.1 Å². The van der Waals surface area contributed by atoms with Crippen molar-refractivity contribution in [2.75, 3.05) is 13.1 Å². The molecule has 1 aromatic heterocycles. The molecule has 2 heterocycles. The molecule has 0 atom stereocenters. The minimum atomic E-state index is -0.831. The van der Waals surface area contributed by atoms with Crippen molar-refractivity contribution in [3.63, 3.8) is 0 Å². The summed E-state index contributed by atoms with van der Waals surface area (Å²) >= 11 is 1.49. The first-order chi connectivity index (χ1) is 12.6. The zero-order valence-electron chi connectivity index (χ0n) is 13.8. The van der Waals surface area contributed by atoms with Crippen LogP contribution in [0.4, 0.5) is 8.78 Å². The number of amides is 1. The molecule has 0 N–H and O–H groups in total. The highest BCUT2D eigenvalue weighted by molar-refractivity contribution is 7.20. The summed E-state index contributed by atoms with van der Waals surface area (Å²) in [5.74, 6) is -2.27. The third-order valence-corrected chi connectivity index (χ3v) is 5.37. The Morgan fingerprint density at radius 1 is 1.08 bits per heavy atom. The van der Waals surface area contributed by atoms with Gasteiger partial charge in [0, 0.05) is 25.9 Å². The van der Waals surface area contributed by atoms with Gasteiger partial charge >= 0.3 is 0 Å². The fraction of sp³-hybridized carbons (Fsp3) is 0.263. The number of ether oxygens (including phenoxy) is 1. The van der Waals surface area contributed by atoms with Crippen molar-refractivity contribution in [3.8, 4) is 5.19 Å². The van der Waals surface area contributed by atoms with Gasteiger partial charge in [-0.15, -0.1) is 0 Å². The van der Waals surface area contributed by atoms with Gasteiger partial charge in [0.25, 0.3) is 11.1 Å². The maximum absolute atomic E-state index is 13.8. The standard InChI is InChI=1S/C19H16F2N2O2S/c20-13-4-3-5-14(21)17(13)18(24)23-10-8-12(9-11-23)25-19-22-15-6-1-2-7-16(15)26-19/h1-7,12H,8-11H2. The molecule has 1 aliphatic heterocycles. The molecule has 0 spiro atoms. The van der Waals surface area contributed by atoms with Crippen LogP contribution in [0.1, 0.15) is 23.2 Å². The smallest absolute Gasteiger partial charge is 0.274 e. The van der Waals surface area contributed by atoms with Gasteiger partial charge in [0.2, 0.25) is 0 Å². The molecule has 7 heteroatoms. The van der Waals surface area contributed by atoms with Crippen LogP contribution in [0.15, 0.2) is 42.5 Å². The SMILES string of the molecule is O=C(c1c(F)cccc1F)N1CCC(Oc2nc3ccccc3s2)CC1. The third kappa shape index (κ3) is 3.26. The molecular formula is C19H16F2N2O2S. The number of piperidine rings is 1. The van der Waals surface area contributed by atoms with Crippen LogP contribution < -0.4 is 4.74 Å². The largest absolute Gasteiger partial charge is 0.467 e. The van der Waals surface area contributed by atoms with Gasteiger partial charge in [-0.1, -0.05) is 29.5 Å². The number of hydrogen-bond donors (Lipinski definition) is 0. The molecule has 1 aliphatic rings. The van der Waals surface area contributed by atoms with Gasteiger partial charge in [0.05, 0.1) is 10.2 Å². The lowest BCUT2D eigenvalue weighted by Crippen LogP contribution is -2.42. The molecule has 4 nitrogen and oxygen atoms in total. The lowest BCUT2D eigenvalue weighted by molar-refractivity contribution is 0.0587. The summed E-state index contributed by atoms with van der Waals surface area (Å²) in [6.45, 7) is 0.782. The van der Waals surface area contributed by atoms with Crippen LogP contribution in [0.5, 0.6) is 5.19 Å². The van der Waals surface area contributed by atoms with Crippen LogP contribution in [-0.4, -0.2) is 35.0 Å². The Morgan fingerprint density at radius 3 is 2.46 bits per heavy atom. The molecule has 0 saturated carbocycles. The number of hydrogen-bond acceptors (Lipinski definition) is 4. The number of halogens is 2. The molecule has 2 aromatic carbocycles. The molecule has 134 valence electrons. The summed E-state index contributed by atoms with van der Waals surface area (Å²) < 4.78 is 34.6. The molecule has 3 aromatic rings. The topological polar surface area (TPSA) is 42.4 Å². The Bertz CT molecular complexity index is 898. The van der Waals surface area contributed by atoms with Gasteiger partial charge in [0.1, 0.15) is 23.3 Å². The summed E-state index contributed by atoms with van der Waals surface area (Å²) in [6, 6.07) is 11.2. The Hall–Kier alpha value is -2.54. The average molecular weight is 374 g/mol. The number of benzene rings is 2. The molecule has 0 aliphatic carbocycles. The van der Waals surface area contributed by atoms with Crippen molar-refractivity contribution >= 4 is 27.5 Å². The van der Waals surface area contributed by atoms with Crippen molar-refractivity contribution in [2.45, 2.75) is 18.9 Å². The number of aromatic nitrogens is 1. The van der Waals surface area contributed by atoms with Gasteiger partial charge in [-0.25, -0.2) is 13.8 Å². The molecule has 1 saturated heterocycles. The van der Waals surface area contributed by atoms with E-state index in [1.54, 1.807) is 0 Å². The number of nitrogens with zero attached hydrogens (tertiary/aromatic N) is 2. The van der Waals surface area contributed by atoms with E-state index in [0.29, 0.717) is 31.1 Å². The number of carbonyl (C=O) groups excluding carboxylic acids is 1. The summed E-state index contributed by atoms with van der Waals surface area (Å²) in [4.78, 5) is 18.3. The zero-order valence-corrected chi connectivity index (χ0v) is 14.6. The highest BCUT2D eigenvalue weighted by Crippen LogP contribution is 2.29. The molecule has 4 rings (SSSR count). The van der Waals surface area contributed by atoms with Crippen LogP contribution in [0, 0.1) is 11.6 Å².